The van der Waals surface area contributed by atoms with Crippen LogP contribution in [-0.4, -0.2) is 64.4 Å². The van der Waals surface area contributed by atoms with Crippen molar-refractivity contribution in [3.8, 4) is 0 Å². The number of piperidine rings is 1. The first-order valence-electron chi connectivity index (χ1n) is 11.8. The molecule has 0 unspecified atom stereocenters. The number of nitrogens with one attached hydrogen (secondary N) is 2. The van der Waals surface area contributed by atoms with E-state index < -0.39 is 0 Å². The Morgan fingerprint density at radius 2 is 1.93 bits per heavy atom. The number of aromatic nitrogens is 3. The van der Waals surface area contributed by atoms with Crippen LogP contribution in [0.2, 0.25) is 0 Å². The van der Waals surface area contributed by atoms with Crippen molar-refractivity contribution < 1.29 is 0 Å². The van der Waals surface area contributed by atoms with Crippen molar-refractivity contribution in [2.45, 2.75) is 84.7 Å². The maximum Gasteiger partial charge on any atom is 0.191 e. The zero-order valence-electron chi connectivity index (χ0n) is 19.2. The van der Waals surface area contributed by atoms with Crippen molar-refractivity contribution in [2.24, 2.45) is 10.9 Å². The molecule has 0 radical (unpaired) electrons. The van der Waals surface area contributed by atoms with E-state index in [1.54, 1.807) is 0 Å². The highest BCUT2D eigenvalue weighted by Gasteiger charge is 2.20. The first kappa shape index (κ1) is 25.4. The van der Waals surface area contributed by atoms with E-state index in [0.29, 0.717) is 6.04 Å². The quantitative estimate of drug-likeness (QED) is 0.233. The van der Waals surface area contributed by atoms with Crippen LogP contribution in [0.25, 0.3) is 0 Å². The lowest BCUT2D eigenvalue weighted by Crippen LogP contribution is -2.49. The molecule has 0 aliphatic carbocycles. The van der Waals surface area contributed by atoms with Crippen LogP contribution < -0.4 is 10.6 Å². The number of guanidine groups is 1. The molecule has 1 fully saturated rings. The lowest BCUT2D eigenvalue weighted by Gasteiger charge is -2.34. The van der Waals surface area contributed by atoms with Crippen LogP contribution >= 0.6 is 24.0 Å². The molecule has 2 N–H and O–H groups in total. The predicted molar refractivity (Wildman–Crippen MR) is 135 cm³/mol. The number of likely N-dealkylation sites (tertiary alicyclic amines) is 1. The molecular weight excluding hydrogens is 489 g/mol. The Bertz CT molecular complexity index is 635. The third-order valence-electron chi connectivity index (χ3n) is 5.91. The molecule has 3 rings (SSSR count). The molecule has 0 saturated carbocycles. The van der Waals surface area contributed by atoms with E-state index in [2.05, 4.69) is 51.1 Å². The fourth-order valence-corrected chi connectivity index (χ4v) is 4.45. The molecule has 2 aliphatic heterocycles. The van der Waals surface area contributed by atoms with Crippen LogP contribution in [0.4, 0.5) is 0 Å². The fraction of sp³-hybridized carbons (Fsp3) is 0.864. The normalized spacial score (nSPS) is 18.6. The summed E-state index contributed by atoms with van der Waals surface area (Å²) in [6.45, 7) is 13.1. The van der Waals surface area contributed by atoms with Crippen LogP contribution in [0.3, 0.4) is 0 Å². The first-order chi connectivity index (χ1) is 14.2. The van der Waals surface area contributed by atoms with E-state index in [1.807, 2.05) is 0 Å². The number of hydrogen-bond acceptors (Lipinski definition) is 4. The molecule has 0 atom stereocenters. The standard InChI is InChI=1S/C22H41N7.HI/c1-4-23-22(25-19-11-15-28(16-12-19)17-18(2)3)24-13-8-10-21-27-26-20-9-6-5-7-14-29(20)21;/h18-19H,4-17H2,1-3H3,(H2,23,24,25);1H. The molecule has 30 heavy (non-hydrogen) atoms. The zero-order chi connectivity index (χ0) is 20.5. The highest BCUT2D eigenvalue weighted by Crippen LogP contribution is 2.15. The van der Waals surface area contributed by atoms with Gasteiger partial charge in [-0.3, -0.25) is 4.99 Å². The first-order valence-corrected chi connectivity index (χ1v) is 11.8. The molecule has 0 aromatic carbocycles. The van der Waals surface area contributed by atoms with Gasteiger partial charge in [-0.25, -0.2) is 0 Å². The van der Waals surface area contributed by atoms with Gasteiger partial charge in [0.05, 0.1) is 0 Å². The molecule has 0 spiro atoms. The van der Waals surface area contributed by atoms with E-state index in [4.69, 9.17) is 4.99 Å². The molecule has 8 heteroatoms. The minimum Gasteiger partial charge on any atom is -0.357 e. The van der Waals surface area contributed by atoms with Gasteiger partial charge in [0, 0.05) is 58.2 Å². The average molecular weight is 532 g/mol. The molecule has 1 aromatic heterocycles. The molecule has 2 aliphatic rings. The van der Waals surface area contributed by atoms with Crippen molar-refractivity contribution in [3.05, 3.63) is 11.6 Å². The smallest absolute Gasteiger partial charge is 0.191 e. The highest BCUT2D eigenvalue weighted by molar-refractivity contribution is 14.0. The van der Waals surface area contributed by atoms with Crippen molar-refractivity contribution in [2.75, 3.05) is 32.7 Å². The minimum absolute atomic E-state index is 0. The van der Waals surface area contributed by atoms with Gasteiger partial charge in [0.25, 0.3) is 0 Å². The summed E-state index contributed by atoms with van der Waals surface area (Å²) in [6, 6.07) is 0.531. The summed E-state index contributed by atoms with van der Waals surface area (Å²) in [7, 11) is 0. The van der Waals surface area contributed by atoms with Crippen LogP contribution in [0.5, 0.6) is 0 Å². The molecule has 172 valence electrons. The largest absolute Gasteiger partial charge is 0.357 e. The van der Waals surface area contributed by atoms with Crippen molar-refractivity contribution in [3.63, 3.8) is 0 Å². The lowest BCUT2D eigenvalue weighted by atomic mass is 10.0. The van der Waals surface area contributed by atoms with E-state index in [-0.39, 0.29) is 24.0 Å². The summed E-state index contributed by atoms with van der Waals surface area (Å²) < 4.78 is 2.35. The molecular formula is C22H42IN7. The Labute approximate surface area is 199 Å². The number of aryl methyl sites for hydroxylation is 2. The van der Waals surface area contributed by atoms with Crippen LogP contribution in [0, 0.1) is 5.92 Å². The Morgan fingerprint density at radius 1 is 1.13 bits per heavy atom. The van der Waals surface area contributed by atoms with Gasteiger partial charge in [0.15, 0.2) is 5.96 Å². The minimum atomic E-state index is 0. The van der Waals surface area contributed by atoms with Gasteiger partial charge in [0.1, 0.15) is 11.6 Å². The van der Waals surface area contributed by atoms with Gasteiger partial charge < -0.3 is 20.1 Å². The fourth-order valence-electron chi connectivity index (χ4n) is 4.45. The second kappa shape index (κ2) is 13.5. The van der Waals surface area contributed by atoms with Gasteiger partial charge >= 0.3 is 0 Å². The van der Waals surface area contributed by atoms with Crippen LogP contribution in [0.15, 0.2) is 4.99 Å². The topological polar surface area (TPSA) is 70.4 Å². The van der Waals surface area contributed by atoms with E-state index >= 15 is 0 Å². The summed E-state index contributed by atoms with van der Waals surface area (Å²) in [5.74, 6) is 4.04. The Kier molecular flexibility index (Phi) is 11.4. The summed E-state index contributed by atoms with van der Waals surface area (Å²) in [4.78, 5) is 7.42. The second-order valence-electron chi connectivity index (χ2n) is 8.97. The van der Waals surface area contributed by atoms with Crippen LogP contribution in [-0.2, 0) is 19.4 Å². The molecule has 3 heterocycles. The monoisotopic (exact) mass is 531 g/mol. The summed E-state index contributed by atoms with van der Waals surface area (Å²) >= 11 is 0. The maximum absolute atomic E-state index is 4.83. The number of fused-ring (bicyclic) bond motifs is 1. The molecule has 1 saturated heterocycles. The highest BCUT2D eigenvalue weighted by atomic mass is 127. The third-order valence-corrected chi connectivity index (χ3v) is 5.91. The SMILES string of the molecule is CCNC(=NCCCc1nnc2n1CCCCC2)NC1CCN(CC(C)C)CC1.I. The molecule has 7 nitrogen and oxygen atoms in total. The maximum atomic E-state index is 4.83. The predicted octanol–water partition coefficient (Wildman–Crippen LogP) is 3.23. The van der Waals surface area contributed by atoms with Gasteiger partial charge in [-0.05, 0) is 44.9 Å². The van der Waals surface area contributed by atoms with E-state index in [0.717, 1.165) is 56.6 Å². The summed E-state index contributed by atoms with van der Waals surface area (Å²) in [6.07, 6.45) is 9.26. The Balaban J connectivity index is 0.00000320. The Morgan fingerprint density at radius 3 is 2.67 bits per heavy atom. The van der Waals surface area contributed by atoms with Gasteiger partial charge in [0.2, 0.25) is 0 Å². The number of nitrogens with zero attached hydrogens (tertiary/aromatic N) is 5. The number of hydrogen-bond donors (Lipinski definition) is 2. The molecule has 0 bridgehead atoms. The van der Waals surface area contributed by atoms with E-state index in [1.165, 1.54) is 57.6 Å². The second-order valence-corrected chi connectivity index (χ2v) is 8.97. The molecule has 1 aromatic rings. The van der Waals surface area contributed by atoms with Gasteiger partial charge in [-0.15, -0.1) is 34.2 Å². The van der Waals surface area contributed by atoms with E-state index in [9.17, 15) is 0 Å². The number of aliphatic imine (C=N–C) groups is 1. The lowest BCUT2D eigenvalue weighted by molar-refractivity contribution is 0.187. The Hall–Kier alpha value is -0.900. The zero-order valence-corrected chi connectivity index (χ0v) is 21.5. The third kappa shape index (κ3) is 7.98. The average Bonchev–Trinajstić information content (AvgIpc) is 2.92. The number of halogens is 1. The van der Waals surface area contributed by atoms with Gasteiger partial charge in [-0.2, -0.15) is 0 Å². The number of rotatable bonds is 8. The summed E-state index contributed by atoms with van der Waals surface area (Å²) in [5, 5.41) is 15.9. The van der Waals surface area contributed by atoms with Gasteiger partial charge in [-0.1, -0.05) is 20.3 Å². The summed E-state index contributed by atoms with van der Waals surface area (Å²) in [5.41, 5.74) is 0. The van der Waals surface area contributed by atoms with Crippen molar-refractivity contribution >= 4 is 29.9 Å². The molecule has 0 amide bonds. The van der Waals surface area contributed by atoms with Crippen LogP contribution in [0.1, 0.15) is 70.9 Å². The van der Waals surface area contributed by atoms with Crippen molar-refractivity contribution in [1.29, 1.82) is 0 Å². The van der Waals surface area contributed by atoms with Crippen molar-refractivity contribution in [1.82, 2.24) is 30.3 Å².